The second kappa shape index (κ2) is 7.26. The lowest BCUT2D eigenvalue weighted by Gasteiger charge is -2.24. The summed E-state index contributed by atoms with van der Waals surface area (Å²) in [5.74, 6) is 0. The topological polar surface area (TPSA) is 70.1 Å². The smallest absolute Gasteiger partial charge is 0.173 e. The van der Waals surface area contributed by atoms with Crippen molar-refractivity contribution in [3.63, 3.8) is 0 Å². The molecule has 3 aromatic heterocycles. The van der Waals surface area contributed by atoms with Gasteiger partial charge in [-0.05, 0) is 19.2 Å². The molecule has 1 aliphatic rings. The van der Waals surface area contributed by atoms with E-state index in [2.05, 4.69) is 41.2 Å². The molecule has 0 amide bonds. The number of aromatic nitrogens is 4. The van der Waals surface area contributed by atoms with Crippen LogP contribution < -0.4 is 0 Å². The van der Waals surface area contributed by atoms with Gasteiger partial charge in [0, 0.05) is 47.8 Å². The summed E-state index contributed by atoms with van der Waals surface area (Å²) in [5.41, 5.74) is 7.83. The van der Waals surface area contributed by atoms with Gasteiger partial charge in [0.1, 0.15) is 17.3 Å². The summed E-state index contributed by atoms with van der Waals surface area (Å²) in [5, 5.41) is 15.9. The van der Waals surface area contributed by atoms with Crippen molar-refractivity contribution in [1.82, 2.24) is 24.5 Å². The molecular formula is C26H20N6. The van der Waals surface area contributed by atoms with Gasteiger partial charge in [-0.2, -0.15) is 10.4 Å². The molecule has 0 fully saturated rings. The van der Waals surface area contributed by atoms with Gasteiger partial charge in [-0.3, -0.25) is 0 Å². The summed E-state index contributed by atoms with van der Waals surface area (Å²) in [4.78, 5) is 11.7. The van der Waals surface area contributed by atoms with Gasteiger partial charge in [0.25, 0.3) is 0 Å². The van der Waals surface area contributed by atoms with Crippen molar-refractivity contribution in [3.05, 3.63) is 83.7 Å². The van der Waals surface area contributed by atoms with Gasteiger partial charge in [0.2, 0.25) is 0 Å². The minimum Gasteiger partial charge on any atom is -0.302 e. The first-order valence-electron chi connectivity index (χ1n) is 10.7. The highest BCUT2D eigenvalue weighted by molar-refractivity contribution is 5.87. The van der Waals surface area contributed by atoms with Crippen LogP contribution in [0.5, 0.6) is 0 Å². The Labute approximate surface area is 185 Å². The number of rotatable bonds is 2. The second-order valence-corrected chi connectivity index (χ2v) is 8.26. The first kappa shape index (κ1) is 18.7. The van der Waals surface area contributed by atoms with Gasteiger partial charge in [-0.15, -0.1) is 0 Å². The van der Waals surface area contributed by atoms with Crippen LogP contribution in [0.25, 0.3) is 39.1 Å². The third-order valence-corrected chi connectivity index (χ3v) is 6.15. The van der Waals surface area contributed by atoms with Crippen LogP contribution in [0, 0.1) is 11.3 Å². The molecule has 2 aromatic carbocycles. The van der Waals surface area contributed by atoms with E-state index >= 15 is 0 Å². The minimum atomic E-state index is 0.505. The molecule has 0 N–H and O–H groups in total. The normalized spacial score (nSPS) is 13.9. The van der Waals surface area contributed by atoms with E-state index < -0.39 is 0 Å². The first-order chi connectivity index (χ1) is 15.7. The summed E-state index contributed by atoms with van der Waals surface area (Å²) in [6, 6.07) is 22.7. The average molecular weight is 416 g/mol. The second-order valence-electron chi connectivity index (χ2n) is 8.26. The zero-order valence-corrected chi connectivity index (χ0v) is 17.7. The van der Waals surface area contributed by atoms with E-state index in [0.29, 0.717) is 16.9 Å². The van der Waals surface area contributed by atoms with Crippen LogP contribution in [0.4, 0.5) is 0 Å². The molecule has 4 heterocycles. The highest BCUT2D eigenvalue weighted by atomic mass is 15.3. The van der Waals surface area contributed by atoms with Gasteiger partial charge in [-0.1, -0.05) is 48.5 Å². The number of nitrogens with zero attached hydrogens (tertiary/aromatic N) is 6. The number of fused-ring (bicyclic) bond motifs is 4. The van der Waals surface area contributed by atoms with Crippen LogP contribution in [0.1, 0.15) is 16.8 Å². The molecule has 0 radical (unpaired) electrons. The predicted molar refractivity (Wildman–Crippen MR) is 124 cm³/mol. The summed E-state index contributed by atoms with van der Waals surface area (Å²) in [7, 11) is 2.11. The summed E-state index contributed by atoms with van der Waals surface area (Å²) in [6.07, 6.45) is 2.78. The predicted octanol–water partition coefficient (Wildman–Crippen LogP) is 4.47. The number of hydrogen-bond donors (Lipinski definition) is 0. The van der Waals surface area contributed by atoms with Crippen molar-refractivity contribution < 1.29 is 0 Å². The Balaban J connectivity index is 1.52. The van der Waals surface area contributed by atoms with Crippen molar-refractivity contribution in [2.75, 3.05) is 13.6 Å². The van der Waals surface area contributed by atoms with Crippen molar-refractivity contribution in [2.45, 2.75) is 13.0 Å². The maximum absolute atomic E-state index is 9.95. The Bertz CT molecular complexity index is 1530. The van der Waals surface area contributed by atoms with Crippen LogP contribution in [0.3, 0.4) is 0 Å². The fraction of sp³-hybridized carbons (Fsp3) is 0.154. The van der Waals surface area contributed by atoms with E-state index in [-0.39, 0.29) is 0 Å². The lowest BCUT2D eigenvalue weighted by molar-refractivity contribution is 0.307. The Morgan fingerprint density at radius 3 is 2.69 bits per heavy atom. The molecule has 0 saturated carbocycles. The lowest BCUT2D eigenvalue weighted by Crippen LogP contribution is -2.28. The molecule has 0 spiro atoms. The van der Waals surface area contributed by atoms with Gasteiger partial charge in [0.05, 0.1) is 16.9 Å². The number of nitriles is 1. The van der Waals surface area contributed by atoms with Crippen LogP contribution in [0.2, 0.25) is 0 Å². The van der Waals surface area contributed by atoms with Crippen molar-refractivity contribution in [1.29, 1.82) is 5.26 Å². The van der Waals surface area contributed by atoms with Crippen molar-refractivity contribution in [2.24, 2.45) is 0 Å². The molecular weight excluding hydrogens is 396 g/mol. The zero-order chi connectivity index (χ0) is 21.7. The SMILES string of the molecule is CN1CCc2c(cnc3c(C#N)c(-c4ccc5ccc(-c6ccccc6)nc5c4)nn23)C1. The molecule has 6 rings (SSSR count). The van der Waals surface area contributed by atoms with Gasteiger partial charge >= 0.3 is 0 Å². The Kier molecular flexibility index (Phi) is 4.23. The van der Waals surface area contributed by atoms with E-state index in [1.54, 1.807) is 0 Å². The third-order valence-electron chi connectivity index (χ3n) is 6.15. The zero-order valence-electron chi connectivity index (χ0n) is 17.7. The fourth-order valence-electron chi connectivity index (χ4n) is 4.47. The molecule has 0 saturated heterocycles. The molecule has 0 unspecified atom stereocenters. The van der Waals surface area contributed by atoms with Gasteiger partial charge in [0.15, 0.2) is 5.65 Å². The molecule has 6 heteroatoms. The third kappa shape index (κ3) is 2.95. The van der Waals surface area contributed by atoms with E-state index in [1.165, 1.54) is 0 Å². The standard InChI is InChI=1S/C26H20N6/c1-31-12-11-24-20(16-31)15-28-26-21(14-27)25(30-32(24)26)19-8-7-18-9-10-22(29-23(18)13-19)17-5-3-2-4-6-17/h2-10,13,15H,11-12,16H2,1H3. The van der Waals surface area contributed by atoms with Crippen molar-refractivity contribution in [3.8, 4) is 28.6 Å². The Morgan fingerprint density at radius 2 is 1.84 bits per heavy atom. The maximum Gasteiger partial charge on any atom is 0.173 e. The van der Waals surface area contributed by atoms with E-state index in [0.717, 1.165) is 58.5 Å². The fourth-order valence-corrected chi connectivity index (χ4v) is 4.47. The van der Waals surface area contributed by atoms with Crippen LogP contribution >= 0.6 is 0 Å². The molecule has 0 atom stereocenters. The Hall–Kier alpha value is -4.08. The summed E-state index contributed by atoms with van der Waals surface area (Å²) >= 11 is 0. The number of pyridine rings is 1. The molecule has 0 bridgehead atoms. The molecule has 5 aromatic rings. The number of benzene rings is 2. The summed E-state index contributed by atoms with van der Waals surface area (Å²) in [6.45, 7) is 1.81. The Morgan fingerprint density at radius 1 is 1.00 bits per heavy atom. The first-order valence-corrected chi connectivity index (χ1v) is 10.7. The molecule has 6 nitrogen and oxygen atoms in total. The van der Waals surface area contributed by atoms with Crippen LogP contribution in [-0.2, 0) is 13.0 Å². The van der Waals surface area contributed by atoms with Gasteiger partial charge < -0.3 is 4.90 Å². The quantitative estimate of drug-likeness (QED) is 0.425. The van der Waals surface area contributed by atoms with E-state index in [1.807, 2.05) is 53.2 Å². The number of likely N-dealkylation sites (N-methyl/N-ethyl adjacent to an activating group) is 1. The minimum absolute atomic E-state index is 0.505. The maximum atomic E-state index is 9.95. The largest absolute Gasteiger partial charge is 0.302 e. The molecule has 1 aliphatic heterocycles. The summed E-state index contributed by atoms with van der Waals surface area (Å²) < 4.78 is 1.87. The molecule has 32 heavy (non-hydrogen) atoms. The van der Waals surface area contributed by atoms with Gasteiger partial charge in [-0.25, -0.2) is 14.5 Å². The molecule has 154 valence electrons. The van der Waals surface area contributed by atoms with E-state index in [4.69, 9.17) is 10.1 Å². The average Bonchev–Trinajstić information content (AvgIpc) is 3.22. The van der Waals surface area contributed by atoms with E-state index in [9.17, 15) is 5.26 Å². The van der Waals surface area contributed by atoms with Crippen molar-refractivity contribution >= 4 is 16.6 Å². The molecule has 0 aliphatic carbocycles. The lowest BCUT2D eigenvalue weighted by atomic mass is 10.0. The highest BCUT2D eigenvalue weighted by Gasteiger charge is 2.22. The van der Waals surface area contributed by atoms with Crippen LogP contribution in [0.15, 0.2) is 66.9 Å². The monoisotopic (exact) mass is 416 g/mol. The number of hydrogen-bond acceptors (Lipinski definition) is 5. The van der Waals surface area contributed by atoms with Crippen LogP contribution in [-0.4, -0.2) is 38.1 Å². The highest BCUT2D eigenvalue weighted by Crippen LogP contribution is 2.30.